The quantitative estimate of drug-likeness (QED) is 0.191. The molecule has 0 saturated heterocycles. The number of anilines is 1. The molecule has 2 aromatic rings. The SMILES string of the molecule is COc1cc2c(c(C(=O)O)c1)OB(O)C(NC(=O)C(=NOC(C)(C)C(=O)O)c1csc(N)n1)C2. The molecule has 1 aliphatic rings. The second-order valence-electron chi connectivity index (χ2n) is 7.68. The van der Waals surface area contributed by atoms with Crippen molar-refractivity contribution in [1.82, 2.24) is 10.3 Å². The van der Waals surface area contributed by atoms with E-state index >= 15 is 0 Å². The van der Waals surface area contributed by atoms with Gasteiger partial charge in [-0.1, -0.05) is 5.16 Å². The van der Waals surface area contributed by atoms with Crippen molar-refractivity contribution in [3.63, 3.8) is 0 Å². The minimum absolute atomic E-state index is 0.00627. The number of carboxylic acid groups (broad SMARTS) is 2. The maximum Gasteiger partial charge on any atom is 0.547 e. The first kappa shape index (κ1) is 24.8. The van der Waals surface area contributed by atoms with Gasteiger partial charge in [0, 0.05) is 5.38 Å². The minimum Gasteiger partial charge on any atom is -0.534 e. The maximum atomic E-state index is 13.0. The van der Waals surface area contributed by atoms with Gasteiger partial charge in [0.2, 0.25) is 5.60 Å². The summed E-state index contributed by atoms with van der Waals surface area (Å²) in [5.74, 6) is -4.26. The molecular weight excluding hydrogens is 471 g/mol. The number of methoxy groups -OCH3 is 1. The predicted octanol–water partition coefficient (Wildman–Crippen LogP) is 0.156. The molecule has 0 bridgehead atoms. The summed E-state index contributed by atoms with van der Waals surface area (Å²) in [6.07, 6.45) is -0.00627. The number of amides is 1. The van der Waals surface area contributed by atoms with E-state index < -0.39 is 36.5 Å². The van der Waals surface area contributed by atoms with Crippen LogP contribution in [-0.4, -0.2) is 69.5 Å². The van der Waals surface area contributed by atoms with Crippen molar-refractivity contribution >= 4 is 47.1 Å². The van der Waals surface area contributed by atoms with E-state index in [2.05, 4.69) is 15.5 Å². The fraction of sp³-hybridized carbons (Fsp3) is 0.316. The Balaban J connectivity index is 1.89. The highest BCUT2D eigenvalue weighted by Crippen LogP contribution is 2.34. The summed E-state index contributed by atoms with van der Waals surface area (Å²) >= 11 is 1.03. The van der Waals surface area contributed by atoms with Crippen LogP contribution in [0.15, 0.2) is 22.7 Å². The molecule has 1 amide bonds. The van der Waals surface area contributed by atoms with E-state index in [0.717, 1.165) is 11.3 Å². The topological polar surface area (TPSA) is 203 Å². The van der Waals surface area contributed by atoms with Crippen molar-refractivity contribution in [2.24, 2.45) is 5.16 Å². The molecule has 1 aliphatic heterocycles. The van der Waals surface area contributed by atoms with Gasteiger partial charge < -0.3 is 40.5 Å². The molecule has 3 rings (SSSR count). The molecule has 0 saturated carbocycles. The molecule has 13 nitrogen and oxygen atoms in total. The molecule has 1 aromatic heterocycles. The first-order valence-corrected chi connectivity index (χ1v) is 10.6. The Hall–Kier alpha value is -3.85. The lowest BCUT2D eigenvalue weighted by atomic mass is 9.72. The van der Waals surface area contributed by atoms with E-state index in [1.807, 2.05) is 0 Å². The number of oxime groups is 1. The lowest BCUT2D eigenvalue weighted by Gasteiger charge is -2.29. The van der Waals surface area contributed by atoms with E-state index in [-0.39, 0.29) is 40.0 Å². The molecule has 6 N–H and O–H groups in total. The number of rotatable bonds is 8. The molecule has 1 aromatic carbocycles. The lowest BCUT2D eigenvalue weighted by Crippen LogP contribution is -2.54. The summed E-state index contributed by atoms with van der Waals surface area (Å²) in [4.78, 5) is 45.0. The summed E-state index contributed by atoms with van der Waals surface area (Å²) in [7, 11) is -0.229. The zero-order valence-electron chi connectivity index (χ0n) is 18.3. The number of hydrogen-bond donors (Lipinski definition) is 5. The van der Waals surface area contributed by atoms with Crippen molar-refractivity contribution in [1.29, 1.82) is 0 Å². The van der Waals surface area contributed by atoms with Crippen molar-refractivity contribution < 1.29 is 43.8 Å². The predicted molar refractivity (Wildman–Crippen MR) is 120 cm³/mol. The summed E-state index contributed by atoms with van der Waals surface area (Å²) in [5, 5.41) is 36.9. The molecule has 1 atom stereocenters. The van der Waals surface area contributed by atoms with E-state index in [1.165, 1.54) is 38.5 Å². The van der Waals surface area contributed by atoms with Crippen LogP contribution in [0.1, 0.15) is 35.5 Å². The Morgan fingerprint density at radius 3 is 2.62 bits per heavy atom. The Labute approximate surface area is 197 Å². The molecule has 0 radical (unpaired) electrons. The standard InChI is InChI=1S/C19H21BN4O9S/c1-19(2,17(28)29)33-24-13(11-7-34-18(21)22-11)15(25)23-12-5-8-4-9(31-3)6-10(16(26)27)14(8)32-20(12)30/h4,6-7,12,30H,5H2,1-3H3,(H2,21,22)(H,23,25)(H,26,27)(H,28,29). The number of aromatic carboxylic acids is 1. The van der Waals surface area contributed by atoms with Gasteiger partial charge in [-0.25, -0.2) is 14.6 Å². The molecule has 34 heavy (non-hydrogen) atoms. The number of nitrogens with zero attached hydrogens (tertiary/aromatic N) is 2. The van der Waals surface area contributed by atoms with Gasteiger partial charge in [-0.15, -0.1) is 11.3 Å². The van der Waals surface area contributed by atoms with Crippen LogP contribution >= 0.6 is 11.3 Å². The minimum atomic E-state index is -1.75. The number of benzene rings is 1. The first-order chi connectivity index (χ1) is 15.9. The Morgan fingerprint density at radius 1 is 1.35 bits per heavy atom. The van der Waals surface area contributed by atoms with Crippen LogP contribution in [0, 0.1) is 0 Å². The number of nitrogens with two attached hydrogens (primary N) is 1. The van der Waals surface area contributed by atoms with E-state index in [4.69, 9.17) is 20.0 Å². The number of hydrogen-bond acceptors (Lipinski definition) is 11. The Morgan fingerprint density at radius 2 is 2.06 bits per heavy atom. The summed E-state index contributed by atoms with van der Waals surface area (Å²) < 4.78 is 10.5. The zero-order valence-corrected chi connectivity index (χ0v) is 19.1. The van der Waals surface area contributed by atoms with Gasteiger partial charge in [-0.05, 0) is 38.0 Å². The second-order valence-corrected chi connectivity index (χ2v) is 8.57. The number of nitrogens with one attached hydrogen (secondary N) is 1. The average Bonchev–Trinajstić information content (AvgIpc) is 3.19. The summed E-state index contributed by atoms with van der Waals surface area (Å²) in [6, 6.07) is 2.78. The van der Waals surface area contributed by atoms with Gasteiger partial charge in [0.15, 0.2) is 10.8 Å². The van der Waals surface area contributed by atoms with Crippen LogP contribution in [0.2, 0.25) is 0 Å². The summed E-state index contributed by atoms with van der Waals surface area (Å²) in [6.45, 7) is 2.49. The first-order valence-electron chi connectivity index (χ1n) is 9.73. The van der Waals surface area contributed by atoms with E-state index in [1.54, 1.807) is 0 Å². The van der Waals surface area contributed by atoms with Crippen LogP contribution in [-0.2, 0) is 20.8 Å². The van der Waals surface area contributed by atoms with Crippen LogP contribution in [0.4, 0.5) is 5.13 Å². The van der Waals surface area contributed by atoms with Crippen LogP contribution in [0.5, 0.6) is 11.5 Å². The van der Waals surface area contributed by atoms with Crippen LogP contribution < -0.4 is 20.4 Å². The number of fused-ring (bicyclic) bond motifs is 1. The average molecular weight is 492 g/mol. The molecule has 0 spiro atoms. The molecule has 180 valence electrons. The van der Waals surface area contributed by atoms with Gasteiger partial charge in [0.25, 0.3) is 5.91 Å². The molecule has 15 heteroatoms. The van der Waals surface area contributed by atoms with Gasteiger partial charge in [0.1, 0.15) is 22.8 Å². The number of aromatic nitrogens is 1. The Bertz CT molecular complexity index is 1170. The smallest absolute Gasteiger partial charge is 0.534 e. The molecule has 0 fully saturated rings. The number of carboxylic acids is 2. The third-order valence-corrected chi connectivity index (χ3v) is 5.48. The molecule has 0 aliphatic carbocycles. The highest BCUT2D eigenvalue weighted by molar-refractivity contribution is 7.13. The fourth-order valence-corrected chi connectivity index (χ4v) is 3.47. The van der Waals surface area contributed by atoms with Crippen LogP contribution in [0.3, 0.4) is 0 Å². The highest BCUT2D eigenvalue weighted by atomic mass is 32.1. The third kappa shape index (κ3) is 5.21. The second kappa shape index (κ2) is 9.57. The highest BCUT2D eigenvalue weighted by Gasteiger charge is 2.39. The van der Waals surface area contributed by atoms with Gasteiger partial charge in [0.05, 0.1) is 13.1 Å². The largest absolute Gasteiger partial charge is 0.547 e. The third-order valence-electron chi connectivity index (χ3n) is 4.80. The van der Waals surface area contributed by atoms with E-state index in [0.29, 0.717) is 5.56 Å². The van der Waals surface area contributed by atoms with E-state index in [9.17, 15) is 29.6 Å². The number of carbonyl (C=O) groups excluding carboxylic acids is 1. The number of nitrogen functional groups attached to an aromatic ring is 1. The number of ether oxygens (including phenoxy) is 1. The molecule has 2 heterocycles. The monoisotopic (exact) mass is 492 g/mol. The summed E-state index contributed by atoms with van der Waals surface area (Å²) in [5.41, 5.74) is 3.72. The van der Waals surface area contributed by atoms with Crippen molar-refractivity contribution in [3.05, 3.63) is 34.3 Å². The molecular formula is C19H21BN4O9S. The number of carbonyl (C=O) groups is 3. The Kier molecular flexibility index (Phi) is 6.97. The number of thiazole rings is 1. The van der Waals surface area contributed by atoms with Crippen molar-refractivity contribution in [2.45, 2.75) is 31.8 Å². The maximum absolute atomic E-state index is 13.0. The van der Waals surface area contributed by atoms with Crippen molar-refractivity contribution in [3.8, 4) is 11.5 Å². The normalized spacial score (nSPS) is 15.7. The van der Waals surface area contributed by atoms with Gasteiger partial charge >= 0.3 is 19.1 Å². The van der Waals surface area contributed by atoms with Gasteiger partial charge in [-0.2, -0.15) is 0 Å². The molecule has 1 unspecified atom stereocenters. The lowest BCUT2D eigenvalue weighted by molar-refractivity contribution is -0.161. The van der Waals surface area contributed by atoms with Crippen LogP contribution in [0.25, 0.3) is 0 Å². The fourth-order valence-electron chi connectivity index (χ4n) is 2.93. The number of aliphatic carboxylic acids is 1. The van der Waals surface area contributed by atoms with Crippen molar-refractivity contribution in [2.75, 3.05) is 12.8 Å². The zero-order chi connectivity index (χ0) is 25.2. The van der Waals surface area contributed by atoms with Gasteiger partial charge in [-0.3, -0.25) is 4.79 Å².